The Hall–Kier alpha value is -1.42. The fourth-order valence-corrected chi connectivity index (χ4v) is 4.80. The van der Waals surface area contributed by atoms with Gasteiger partial charge in [-0.15, -0.1) is 0 Å². The smallest absolute Gasteiger partial charge is 0.257 e. The van der Waals surface area contributed by atoms with Crippen molar-refractivity contribution in [3.63, 3.8) is 0 Å². The van der Waals surface area contributed by atoms with Crippen LogP contribution in [0.2, 0.25) is 0 Å². The minimum absolute atomic E-state index is 0.108. The number of amides is 1. The number of nitrogens with zero attached hydrogens (tertiary/aromatic N) is 3. The third kappa shape index (κ3) is 4.85. The van der Waals surface area contributed by atoms with Crippen LogP contribution in [0, 0.1) is 0 Å². The van der Waals surface area contributed by atoms with Gasteiger partial charge in [0.25, 0.3) is 5.91 Å². The molecule has 1 atom stereocenters. The molecule has 1 amide bonds. The minimum Gasteiger partial charge on any atom is -0.472 e. The summed E-state index contributed by atoms with van der Waals surface area (Å²) in [6.07, 6.45) is 5.58. The van der Waals surface area contributed by atoms with Crippen molar-refractivity contribution in [3.8, 4) is 0 Å². The number of rotatable bonds is 7. The summed E-state index contributed by atoms with van der Waals surface area (Å²) < 4.78 is 36.4. The summed E-state index contributed by atoms with van der Waals surface area (Å²) in [6.45, 7) is 5.60. The quantitative estimate of drug-likeness (QED) is 0.679. The third-order valence-electron chi connectivity index (χ3n) is 5.01. The topological polar surface area (TPSA) is 83.3 Å². The molecule has 26 heavy (non-hydrogen) atoms. The Morgan fingerprint density at radius 2 is 2.08 bits per heavy atom. The van der Waals surface area contributed by atoms with Gasteiger partial charge in [-0.05, 0) is 25.5 Å². The number of hydrogen-bond donors (Lipinski definition) is 0. The highest BCUT2D eigenvalue weighted by molar-refractivity contribution is 7.88. The van der Waals surface area contributed by atoms with Gasteiger partial charge in [0.15, 0.2) is 0 Å². The number of furan rings is 1. The van der Waals surface area contributed by atoms with Crippen LogP contribution in [0.5, 0.6) is 0 Å². The lowest BCUT2D eigenvalue weighted by atomic mass is 10.2. The maximum Gasteiger partial charge on any atom is 0.257 e. The van der Waals surface area contributed by atoms with E-state index in [1.807, 2.05) is 0 Å². The number of carbonyl (C=O) groups excluding carboxylic acids is 1. The predicted octanol–water partition coefficient (Wildman–Crippen LogP) is 0.478. The first-order valence-corrected chi connectivity index (χ1v) is 10.9. The average molecular weight is 385 g/mol. The first-order valence-electron chi connectivity index (χ1n) is 9.03. The second kappa shape index (κ2) is 8.51. The van der Waals surface area contributed by atoms with Gasteiger partial charge >= 0.3 is 0 Å². The van der Waals surface area contributed by atoms with Gasteiger partial charge in [-0.25, -0.2) is 8.42 Å². The summed E-state index contributed by atoms with van der Waals surface area (Å²) in [7, 11) is -3.32. The Balaban J connectivity index is 1.55. The van der Waals surface area contributed by atoms with E-state index in [0.29, 0.717) is 31.6 Å². The highest BCUT2D eigenvalue weighted by Gasteiger charge is 2.35. The molecular formula is C17H27N3O5S. The zero-order valence-electron chi connectivity index (χ0n) is 15.2. The van der Waals surface area contributed by atoms with Gasteiger partial charge in [0, 0.05) is 38.8 Å². The van der Waals surface area contributed by atoms with Crippen molar-refractivity contribution in [1.29, 1.82) is 0 Å². The van der Waals surface area contributed by atoms with Gasteiger partial charge in [0.1, 0.15) is 6.26 Å². The van der Waals surface area contributed by atoms with Gasteiger partial charge in [-0.1, -0.05) is 0 Å². The summed E-state index contributed by atoms with van der Waals surface area (Å²) >= 11 is 0. The van der Waals surface area contributed by atoms with Crippen molar-refractivity contribution in [2.24, 2.45) is 0 Å². The molecule has 1 unspecified atom stereocenters. The number of sulfonamides is 1. The summed E-state index contributed by atoms with van der Waals surface area (Å²) in [5.74, 6) is -0.108. The molecule has 2 aliphatic heterocycles. The fraction of sp³-hybridized carbons (Fsp3) is 0.706. The van der Waals surface area contributed by atoms with E-state index >= 15 is 0 Å². The molecule has 0 spiro atoms. The lowest BCUT2D eigenvalue weighted by molar-refractivity contribution is 0.0366. The molecule has 0 saturated carbocycles. The zero-order chi connectivity index (χ0) is 18.6. The standard InChI is InChI=1S/C17H27N3O5S/c1-26(22,23)20(6-2-5-18-8-11-24-12-9-18)16-3-7-19(13-16)17(21)15-4-10-25-14-15/h4,10,14,16H,2-3,5-9,11-13H2,1H3. The number of ether oxygens (including phenoxy) is 1. The predicted molar refractivity (Wildman–Crippen MR) is 96.4 cm³/mol. The van der Waals surface area contributed by atoms with Gasteiger partial charge in [-0.3, -0.25) is 9.69 Å². The average Bonchev–Trinajstić information content (AvgIpc) is 3.30. The van der Waals surface area contributed by atoms with E-state index in [0.717, 1.165) is 39.3 Å². The molecule has 0 aliphatic carbocycles. The molecule has 0 bridgehead atoms. The van der Waals surface area contributed by atoms with Crippen molar-refractivity contribution in [2.75, 3.05) is 58.7 Å². The molecule has 2 fully saturated rings. The Labute approximate surface area is 154 Å². The van der Waals surface area contributed by atoms with E-state index in [4.69, 9.17) is 9.15 Å². The summed E-state index contributed by atoms with van der Waals surface area (Å²) in [6, 6.07) is 1.47. The molecule has 2 saturated heterocycles. The largest absolute Gasteiger partial charge is 0.472 e. The second-order valence-corrected chi connectivity index (χ2v) is 8.82. The Kier molecular flexibility index (Phi) is 6.33. The van der Waals surface area contributed by atoms with Crippen LogP contribution in [-0.2, 0) is 14.8 Å². The second-order valence-electron chi connectivity index (χ2n) is 6.89. The minimum atomic E-state index is -3.32. The molecule has 3 heterocycles. The zero-order valence-corrected chi connectivity index (χ0v) is 16.0. The van der Waals surface area contributed by atoms with Gasteiger partial charge < -0.3 is 14.1 Å². The normalized spacial score (nSPS) is 22.2. The Morgan fingerprint density at radius 1 is 1.31 bits per heavy atom. The van der Waals surface area contributed by atoms with E-state index in [-0.39, 0.29) is 11.9 Å². The van der Waals surface area contributed by atoms with E-state index in [1.165, 1.54) is 18.8 Å². The maximum atomic E-state index is 12.4. The summed E-state index contributed by atoms with van der Waals surface area (Å²) in [5, 5.41) is 0. The molecule has 9 heteroatoms. The van der Waals surface area contributed by atoms with Gasteiger partial charge in [0.2, 0.25) is 10.0 Å². The lowest BCUT2D eigenvalue weighted by Gasteiger charge is -2.30. The van der Waals surface area contributed by atoms with Gasteiger partial charge in [-0.2, -0.15) is 4.31 Å². The van der Waals surface area contributed by atoms with Crippen LogP contribution < -0.4 is 0 Å². The van der Waals surface area contributed by atoms with E-state index < -0.39 is 10.0 Å². The van der Waals surface area contributed by atoms with Crippen molar-refractivity contribution >= 4 is 15.9 Å². The molecule has 1 aromatic rings. The summed E-state index contributed by atoms with van der Waals surface area (Å²) in [5.41, 5.74) is 0.504. The van der Waals surface area contributed by atoms with Gasteiger partial charge in [0.05, 0.1) is 31.3 Å². The van der Waals surface area contributed by atoms with E-state index in [1.54, 1.807) is 15.3 Å². The fourth-order valence-electron chi connectivity index (χ4n) is 3.62. The highest BCUT2D eigenvalue weighted by atomic mass is 32.2. The first kappa shape index (κ1) is 19.3. The molecule has 1 aromatic heterocycles. The molecule has 0 radical (unpaired) electrons. The number of likely N-dealkylation sites (tertiary alicyclic amines) is 1. The van der Waals surface area contributed by atoms with Crippen LogP contribution in [0.25, 0.3) is 0 Å². The maximum absolute atomic E-state index is 12.4. The van der Waals surface area contributed by atoms with E-state index in [2.05, 4.69) is 4.90 Å². The number of morpholine rings is 1. The van der Waals surface area contributed by atoms with Crippen LogP contribution in [0.4, 0.5) is 0 Å². The Bertz CT molecular complexity index is 685. The van der Waals surface area contributed by atoms with Crippen LogP contribution in [0.3, 0.4) is 0 Å². The van der Waals surface area contributed by atoms with Crippen molar-refractivity contribution in [2.45, 2.75) is 18.9 Å². The molecule has 146 valence electrons. The van der Waals surface area contributed by atoms with Crippen LogP contribution >= 0.6 is 0 Å². The molecule has 0 N–H and O–H groups in total. The first-order chi connectivity index (χ1) is 12.4. The monoisotopic (exact) mass is 385 g/mol. The molecule has 3 rings (SSSR count). The third-order valence-corrected chi connectivity index (χ3v) is 6.34. The number of carbonyl (C=O) groups is 1. The Morgan fingerprint density at radius 3 is 2.73 bits per heavy atom. The lowest BCUT2D eigenvalue weighted by Crippen LogP contribution is -2.44. The van der Waals surface area contributed by atoms with Crippen LogP contribution in [0.1, 0.15) is 23.2 Å². The van der Waals surface area contributed by atoms with Crippen LogP contribution in [0.15, 0.2) is 23.0 Å². The SMILES string of the molecule is CS(=O)(=O)N(CCCN1CCOCC1)C1CCN(C(=O)c2ccoc2)C1. The van der Waals surface area contributed by atoms with Crippen molar-refractivity contribution < 1.29 is 22.4 Å². The molecule has 8 nitrogen and oxygen atoms in total. The van der Waals surface area contributed by atoms with Crippen molar-refractivity contribution in [1.82, 2.24) is 14.1 Å². The summed E-state index contributed by atoms with van der Waals surface area (Å²) in [4.78, 5) is 16.4. The van der Waals surface area contributed by atoms with Crippen LogP contribution in [-0.4, -0.2) is 93.2 Å². The van der Waals surface area contributed by atoms with E-state index in [9.17, 15) is 13.2 Å². The van der Waals surface area contributed by atoms with Crippen molar-refractivity contribution in [3.05, 3.63) is 24.2 Å². The molecule has 0 aromatic carbocycles. The highest BCUT2D eigenvalue weighted by Crippen LogP contribution is 2.21. The molecule has 2 aliphatic rings. The molecular weight excluding hydrogens is 358 g/mol. The number of hydrogen-bond acceptors (Lipinski definition) is 6.